The highest BCUT2D eigenvalue weighted by Gasteiger charge is 2.29. The number of nitrogens with two attached hydrogens (primary N) is 1. The largest absolute Gasteiger partial charge is 0.383 e. The molecule has 1 fully saturated rings. The Balaban J connectivity index is 2.21. The number of rotatable bonds is 2. The van der Waals surface area contributed by atoms with E-state index in [1.165, 1.54) is 0 Å². The van der Waals surface area contributed by atoms with Gasteiger partial charge < -0.3 is 5.73 Å². The highest BCUT2D eigenvalue weighted by atomic mass is 79.9. The van der Waals surface area contributed by atoms with Crippen LogP contribution in [0.25, 0.3) is 11.4 Å². The minimum atomic E-state index is 0.464. The molecule has 0 saturated heterocycles. The van der Waals surface area contributed by atoms with E-state index in [1.807, 2.05) is 14.0 Å². The second kappa shape index (κ2) is 4.01. The van der Waals surface area contributed by atoms with E-state index in [0.29, 0.717) is 16.3 Å². The van der Waals surface area contributed by atoms with Crippen LogP contribution in [-0.4, -0.2) is 25.0 Å². The summed E-state index contributed by atoms with van der Waals surface area (Å²) in [6, 6.07) is 0. The summed E-state index contributed by atoms with van der Waals surface area (Å²) in [5.41, 5.74) is 8.49. The van der Waals surface area contributed by atoms with Gasteiger partial charge in [-0.15, -0.1) is 5.10 Å². The van der Waals surface area contributed by atoms with Gasteiger partial charge in [-0.2, -0.15) is 0 Å². The molecule has 1 aliphatic carbocycles. The van der Waals surface area contributed by atoms with Crippen molar-refractivity contribution >= 4 is 21.7 Å². The minimum Gasteiger partial charge on any atom is -0.383 e. The van der Waals surface area contributed by atoms with Crippen molar-refractivity contribution in [2.75, 3.05) is 5.73 Å². The molecule has 2 aromatic heterocycles. The fraction of sp³-hybridized carbons (Fsp3) is 0.455. The van der Waals surface area contributed by atoms with Crippen LogP contribution in [0.5, 0.6) is 0 Å². The number of anilines is 1. The van der Waals surface area contributed by atoms with E-state index in [-0.39, 0.29) is 0 Å². The number of hydrogen-bond acceptors (Lipinski definition) is 5. The zero-order valence-electron chi connectivity index (χ0n) is 10.2. The van der Waals surface area contributed by atoms with Crippen LogP contribution in [0.3, 0.4) is 0 Å². The summed E-state index contributed by atoms with van der Waals surface area (Å²) in [5.74, 6) is 1.84. The van der Waals surface area contributed by atoms with E-state index < -0.39 is 0 Å². The lowest BCUT2D eigenvalue weighted by Crippen LogP contribution is -2.06. The van der Waals surface area contributed by atoms with Crippen molar-refractivity contribution < 1.29 is 0 Å². The van der Waals surface area contributed by atoms with Crippen LogP contribution in [0.15, 0.2) is 4.60 Å². The topological polar surface area (TPSA) is 82.5 Å². The first kappa shape index (κ1) is 11.6. The molecular formula is C11H13BrN6. The van der Waals surface area contributed by atoms with E-state index in [0.717, 1.165) is 35.6 Å². The highest BCUT2D eigenvalue weighted by molar-refractivity contribution is 9.10. The molecule has 94 valence electrons. The van der Waals surface area contributed by atoms with Crippen molar-refractivity contribution in [3.8, 4) is 11.4 Å². The van der Waals surface area contributed by atoms with Gasteiger partial charge in [0.05, 0.1) is 5.69 Å². The SMILES string of the molecule is Cc1c(N)nc(C2CC2)nc1-c1c(Br)nnn1C. The van der Waals surface area contributed by atoms with E-state index in [4.69, 9.17) is 5.73 Å². The Kier molecular flexibility index (Phi) is 2.58. The molecule has 0 atom stereocenters. The fourth-order valence-corrected chi connectivity index (χ4v) is 2.40. The molecule has 18 heavy (non-hydrogen) atoms. The summed E-state index contributed by atoms with van der Waals surface area (Å²) < 4.78 is 2.36. The number of nitrogen functional groups attached to an aromatic ring is 1. The molecule has 3 rings (SSSR count). The second-order valence-electron chi connectivity index (χ2n) is 4.57. The minimum absolute atomic E-state index is 0.464. The molecule has 7 heteroatoms. The van der Waals surface area contributed by atoms with Crippen molar-refractivity contribution in [2.45, 2.75) is 25.7 Å². The van der Waals surface area contributed by atoms with Gasteiger partial charge in [-0.25, -0.2) is 14.6 Å². The van der Waals surface area contributed by atoms with E-state index in [9.17, 15) is 0 Å². The summed E-state index contributed by atoms with van der Waals surface area (Å²) in [7, 11) is 1.83. The van der Waals surface area contributed by atoms with Gasteiger partial charge in [0.25, 0.3) is 0 Å². The zero-order valence-corrected chi connectivity index (χ0v) is 11.8. The number of aryl methyl sites for hydroxylation is 1. The zero-order chi connectivity index (χ0) is 12.9. The molecule has 6 nitrogen and oxygen atoms in total. The van der Waals surface area contributed by atoms with Crippen molar-refractivity contribution in [3.63, 3.8) is 0 Å². The summed E-state index contributed by atoms with van der Waals surface area (Å²) in [4.78, 5) is 9.00. The predicted molar refractivity (Wildman–Crippen MR) is 70.9 cm³/mol. The molecule has 0 radical (unpaired) electrons. The maximum atomic E-state index is 5.98. The Hall–Kier alpha value is -1.50. The molecule has 1 aliphatic rings. The van der Waals surface area contributed by atoms with Crippen molar-refractivity contribution in [3.05, 3.63) is 16.0 Å². The molecule has 0 bridgehead atoms. The summed E-state index contributed by atoms with van der Waals surface area (Å²) in [6.45, 7) is 1.92. The van der Waals surface area contributed by atoms with Gasteiger partial charge in [-0.1, -0.05) is 5.21 Å². The number of hydrogen-bond donors (Lipinski definition) is 1. The smallest absolute Gasteiger partial charge is 0.157 e. The maximum absolute atomic E-state index is 5.98. The Morgan fingerprint density at radius 1 is 1.33 bits per heavy atom. The van der Waals surface area contributed by atoms with E-state index in [1.54, 1.807) is 4.68 Å². The standard InChI is InChI=1S/C11H13BrN6/c1-5-7(8-9(12)16-17-18(8)2)14-11(6-3-4-6)15-10(5)13/h6H,3-4H2,1-2H3,(H2,13,14,15). The fourth-order valence-electron chi connectivity index (χ4n) is 1.89. The average Bonchev–Trinajstić information content (AvgIpc) is 3.11. The summed E-state index contributed by atoms with van der Waals surface area (Å²) in [5, 5.41) is 7.95. The first-order valence-electron chi connectivity index (χ1n) is 5.77. The van der Waals surface area contributed by atoms with Crippen LogP contribution in [0.4, 0.5) is 5.82 Å². The third-order valence-electron chi connectivity index (χ3n) is 3.15. The summed E-state index contributed by atoms with van der Waals surface area (Å²) in [6.07, 6.45) is 2.29. The Morgan fingerprint density at radius 2 is 2.06 bits per heavy atom. The molecule has 2 N–H and O–H groups in total. The maximum Gasteiger partial charge on any atom is 0.157 e. The lowest BCUT2D eigenvalue weighted by atomic mass is 10.2. The van der Waals surface area contributed by atoms with Gasteiger partial charge in [-0.05, 0) is 35.7 Å². The van der Waals surface area contributed by atoms with E-state index in [2.05, 4.69) is 36.2 Å². The highest BCUT2D eigenvalue weighted by Crippen LogP contribution is 2.40. The van der Waals surface area contributed by atoms with Gasteiger partial charge in [0.1, 0.15) is 17.3 Å². The number of halogens is 1. The van der Waals surface area contributed by atoms with Crippen LogP contribution < -0.4 is 5.73 Å². The first-order chi connectivity index (χ1) is 8.58. The Morgan fingerprint density at radius 3 is 2.61 bits per heavy atom. The molecule has 1 saturated carbocycles. The molecule has 0 unspecified atom stereocenters. The van der Waals surface area contributed by atoms with Crippen molar-refractivity contribution in [2.24, 2.45) is 7.05 Å². The van der Waals surface area contributed by atoms with Gasteiger partial charge in [0.15, 0.2) is 4.60 Å². The van der Waals surface area contributed by atoms with Gasteiger partial charge in [0, 0.05) is 18.5 Å². The normalized spacial score (nSPS) is 15.1. The summed E-state index contributed by atoms with van der Waals surface area (Å²) >= 11 is 3.39. The van der Waals surface area contributed by atoms with Crippen LogP contribution in [0.1, 0.15) is 30.1 Å². The molecule has 2 aromatic rings. The molecule has 0 spiro atoms. The van der Waals surface area contributed by atoms with E-state index >= 15 is 0 Å². The number of aromatic nitrogens is 5. The van der Waals surface area contributed by atoms with Crippen LogP contribution in [-0.2, 0) is 7.05 Å². The third kappa shape index (κ3) is 1.78. The molecule has 0 aliphatic heterocycles. The third-order valence-corrected chi connectivity index (χ3v) is 3.69. The van der Waals surface area contributed by atoms with Gasteiger partial charge >= 0.3 is 0 Å². The van der Waals surface area contributed by atoms with Crippen LogP contribution in [0.2, 0.25) is 0 Å². The lowest BCUT2D eigenvalue weighted by Gasteiger charge is -2.09. The monoisotopic (exact) mass is 308 g/mol. The molecule has 0 amide bonds. The van der Waals surface area contributed by atoms with Crippen molar-refractivity contribution in [1.29, 1.82) is 0 Å². The van der Waals surface area contributed by atoms with Gasteiger partial charge in [0.2, 0.25) is 0 Å². The molecule has 0 aromatic carbocycles. The Bertz CT molecular complexity index is 597. The van der Waals surface area contributed by atoms with Gasteiger partial charge in [-0.3, -0.25) is 0 Å². The van der Waals surface area contributed by atoms with Crippen LogP contribution in [0, 0.1) is 6.92 Å². The first-order valence-corrected chi connectivity index (χ1v) is 6.56. The molecular weight excluding hydrogens is 296 g/mol. The van der Waals surface area contributed by atoms with Crippen molar-refractivity contribution in [1.82, 2.24) is 25.0 Å². The van der Waals surface area contributed by atoms with Crippen LogP contribution >= 0.6 is 15.9 Å². The Labute approximate surface area is 113 Å². The predicted octanol–water partition coefficient (Wildman–Crippen LogP) is 1.80. The molecule has 2 heterocycles. The number of nitrogens with zero attached hydrogens (tertiary/aromatic N) is 5. The lowest BCUT2D eigenvalue weighted by molar-refractivity contribution is 0.717. The second-order valence-corrected chi connectivity index (χ2v) is 5.32. The quantitative estimate of drug-likeness (QED) is 0.914. The average molecular weight is 309 g/mol.